The predicted octanol–water partition coefficient (Wildman–Crippen LogP) is 17.9. The van der Waals surface area contributed by atoms with Gasteiger partial charge in [-0.15, -0.1) is 0 Å². The summed E-state index contributed by atoms with van der Waals surface area (Å²) in [5.41, 5.74) is 14.0. The monoisotopic (exact) mass is 838 g/mol. The molecule has 2 heteroatoms. The molecule has 308 valence electrons. The van der Waals surface area contributed by atoms with Crippen molar-refractivity contribution in [2.75, 3.05) is 4.90 Å². The largest absolute Gasteiger partial charge is 0.308 e. The molecule has 0 N–H and O–H groups in total. The van der Waals surface area contributed by atoms with Crippen LogP contribution >= 0.6 is 0 Å². The topological polar surface area (TPSA) is 8.17 Å². The summed E-state index contributed by atoms with van der Waals surface area (Å²) in [5.74, 6) is 0. The number of para-hydroxylation sites is 3. The second-order valence-electron chi connectivity index (χ2n) is 17.2. The normalized spacial score (nSPS) is 11.6. The van der Waals surface area contributed by atoms with Gasteiger partial charge in [-0.2, -0.15) is 0 Å². The van der Waals surface area contributed by atoms with Crippen LogP contribution in [0.15, 0.2) is 255 Å². The number of aromatic nitrogens is 1. The Morgan fingerprint density at radius 3 is 1.56 bits per heavy atom. The Morgan fingerprint density at radius 1 is 0.273 bits per heavy atom. The molecule has 1 aromatic heterocycles. The molecule has 0 amide bonds. The molecule has 13 rings (SSSR count). The van der Waals surface area contributed by atoms with Gasteiger partial charge in [-0.05, 0) is 131 Å². The van der Waals surface area contributed by atoms with Crippen LogP contribution in [0.1, 0.15) is 0 Å². The molecule has 0 fully saturated rings. The molecule has 0 saturated heterocycles. The summed E-state index contributed by atoms with van der Waals surface area (Å²) in [5, 5.41) is 12.4. The van der Waals surface area contributed by atoms with Gasteiger partial charge >= 0.3 is 0 Å². The third-order valence-corrected chi connectivity index (χ3v) is 13.5. The Hall–Kier alpha value is -8.72. The highest BCUT2D eigenvalue weighted by atomic mass is 15.2. The minimum Gasteiger partial charge on any atom is -0.308 e. The molecule has 0 aliphatic carbocycles. The zero-order valence-electron chi connectivity index (χ0n) is 36.1. The van der Waals surface area contributed by atoms with Crippen LogP contribution in [-0.2, 0) is 0 Å². The first-order valence-electron chi connectivity index (χ1n) is 22.8. The minimum absolute atomic E-state index is 1.08. The maximum absolute atomic E-state index is 2.45. The predicted molar refractivity (Wildman–Crippen MR) is 282 cm³/mol. The molecule has 0 spiro atoms. The van der Waals surface area contributed by atoms with Crippen molar-refractivity contribution in [1.29, 1.82) is 0 Å². The van der Waals surface area contributed by atoms with E-state index in [1.165, 1.54) is 87.2 Å². The molecule has 0 unspecified atom stereocenters. The van der Waals surface area contributed by atoms with Crippen molar-refractivity contribution < 1.29 is 0 Å². The van der Waals surface area contributed by atoms with E-state index in [4.69, 9.17) is 0 Å². The van der Waals surface area contributed by atoms with Crippen LogP contribution in [0.5, 0.6) is 0 Å². The van der Waals surface area contributed by atoms with E-state index in [9.17, 15) is 0 Å². The van der Waals surface area contributed by atoms with Crippen LogP contribution < -0.4 is 4.90 Å². The maximum atomic E-state index is 2.45. The second-order valence-corrected chi connectivity index (χ2v) is 17.2. The maximum Gasteiger partial charge on any atom is 0.0782 e. The van der Waals surface area contributed by atoms with Gasteiger partial charge in [0, 0.05) is 27.8 Å². The molecule has 1 heterocycles. The van der Waals surface area contributed by atoms with Crippen molar-refractivity contribution in [2.45, 2.75) is 0 Å². The number of fused-ring (bicyclic) bond motifs is 9. The van der Waals surface area contributed by atoms with Crippen molar-refractivity contribution in [3.63, 3.8) is 0 Å². The third-order valence-electron chi connectivity index (χ3n) is 13.5. The van der Waals surface area contributed by atoms with E-state index < -0.39 is 0 Å². The number of rotatable bonds is 7. The Kier molecular flexibility index (Phi) is 8.89. The Bertz CT molecular complexity index is 3960. The number of hydrogen-bond acceptors (Lipinski definition) is 1. The highest BCUT2D eigenvalue weighted by Gasteiger charge is 2.23. The van der Waals surface area contributed by atoms with Gasteiger partial charge in [0.05, 0.1) is 16.7 Å². The minimum atomic E-state index is 1.08. The van der Waals surface area contributed by atoms with Crippen LogP contribution in [0, 0.1) is 0 Å². The second kappa shape index (κ2) is 15.5. The van der Waals surface area contributed by atoms with Gasteiger partial charge in [0.2, 0.25) is 0 Å². The molecular weight excluding hydrogens is 797 g/mol. The average Bonchev–Trinajstić information content (AvgIpc) is 3.74. The van der Waals surface area contributed by atoms with Gasteiger partial charge in [-0.3, -0.25) is 0 Å². The standard InChI is InChI=1S/C64H42N2/c1-4-18-45(19-5-1)62-57-27-13-12-25-54(57)55-39-35-47(42-59(55)63(62)46-20-6-2-7-21-46)43-33-36-50(37-34-43)65(51-38-40-53-48(41-51)32-31-44-17-10-11-24-52(44)53)61-30-16-28-58-56-26-14-15-29-60(56)66(64(58)61)49-22-8-3-9-23-49/h1-42H. The van der Waals surface area contributed by atoms with E-state index in [1.54, 1.807) is 0 Å². The number of hydrogen-bond donors (Lipinski definition) is 0. The van der Waals surface area contributed by atoms with Gasteiger partial charge in [-0.1, -0.05) is 200 Å². The lowest BCUT2D eigenvalue weighted by molar-refractivity contribution is 1.17. The lowest BCUT2D eigenvalue weighted by atomic mass is 9.84. The van der Waals surface area contributed by atoms with Crippen molar-refractivity contribution in [1.82, 2.24) is 4.57 Å². The summed E-state index contributed by atoms with van der Waals surface area (Å²) >= 11 is 0. The van der Waals surface area contributed by atoms with Gasteiger partial charge < -0.3 is 9.47 Å². The lowest BCUT2D eigenvalue weighted by Crippen LogP contribution is -2.11. The van der Waals surface area contributed by atoms with Crippen molar-refractivity contribution >= 4 is 82.0 Å². The molecule has 0 aliphatic heterocycles. The zero-order chi connectivity index (χ0) is 43.6. The quantitative estimate of drug-likeness (QED) is 0.145. The zero-order valence-corrected chi connectivity index (χ0v) is 36.1. The molecule has 0 radical (unpaired) electrons. The summed E-state index contributed by atoms with van der Waals surface area (Å²) in [6.07, 6.45) is 0. The third kappa shape index (κ3) is 6.11. The highest BCUT2D eigenvalue weighted by molar-refractivity contribution is 6.22. The number of anilines is 3. The lowest BCUT2D eigenvalue weighted by Gasteiger charge is -2.28. The van der Waals surface area contributed by atoms with Crippen LogP contribution in [0.25, 0.3) is 104 Å². The van der Waals surface area contributed by atoms with E-state index >= 15 is 0 Å². The average molecular weight is 839 g/mol. The fraction of sp³-hybridized carbons (Fsp3) is 0. The first-order valence-corrected chi connectivity index (χ1v) is 22.8. The first kappa shape index (κ1) is 37.8. The summed E-state index contributed by atoms with van der Waals surface area (Å²) in [6.45, 7) is 0. The smallest absolute Gasteiger partial charge is 0.0782 e. The summed E-state index contributed by atoms with van der Waals surface area (Å²) in [4.78, 5) is 2.45. The van der Waals surface area contributed by atoms with Crippen LogP contribution in [0.2, 0.25) is 0 Å². The number of nitrogens with zero attached hydrogens (tertiary/aromatic N) is 2. The van der Waals surface area contributed by atoms with Crippen LogP contribution in [0.4, 0.5) is 17.1 Å². The molecule has 66 heavy (non-hydrogen) atoms. The van der Waals surface area contributed by atoms with Crippen molar-refractivity contribution in [2.24, 2.45) is 0 Å². The Balaban J connectivity index is 1.02. The summed E-state index contributed by atoms with van der Waals surface area (Å²) in [7, 11) is 0. The van der Waals surface area contributed by atoms with Gasteiger partial charge in [0.25, 0.3) is 0 Å². The fourth-order valence-electron chi connectivity index (χ4n) is 10.6. The van der Waals surface area contributed by atoms with Gasteiger partial charge in [-0.25, -0.2) is 0 Å². The molecule has 0 bridgehead atoms. The van der Waals surface area contributed by atoms with E-state index in [2.05, 4.69) is 264 Å². The Morgan fingerprint density at radius 2 is 0.803 bits per heavy atom. The van der Waals surface area contributed by atoms with Gasteiger partial charge in [0.15, 0.2) is 0 Å². The molecule has 0 aliphatic rings. The summed E-state index contributed by atoms with van der Waals surface area (Å²) in [6, 6.07) is 93.3. The number of benzene rings is 12. The molecule has 0 saturated carbocycles. The van der Waals surface area contributed by atoms with Crippen molar-refractivity contribution in [3.8, 4) is 39.1 Å². The van der Waals surface area contributed by atoms with Gasteiger partial charge in [0.1, 0.15) is 0 Å². The van der Waals surface area contributed by atoms with Crippen LogP contribution in [0.3, 0.4) is 0 Å². The molecule has 12 aromatic carbocycles. The molecule has 13 aromatic rings. The van der Waals surface area contributed by atoms with E-state index in [1.807, 2.05) is 0 Å². The fourth-order valence-corrected chi connectivity index (χ4v) is 10.6. The van der Waals surface area contributed by atoms with Crippen molar-refractivity contribution in [3.05, 3.63) is 255 Å². The summed E-state index contributed by atoms with van der Waals surface area (Å²) < 4.78 is 2.43. The SMILES string of the molecule is c1ccc(-c2c(-c3ccccc3)c3cc(-c4ccc(N(c5ccc6c(ccc7ccccc76)c5)c5cccc6c7ccccc7n(-c7ccccc7)c56)cc4)ccc3c3ccccc23)cc1. The Labute approximate surface area is 383 Å². The molecule has 0 atom stereocenters. The van der Waals surface area contributed by atoms with E-state index in [0.717, 1.165) is 33.8 Å². The van der Waals surface area contributed by atoms with E-state index in [-0.39, 0.29) is 0 Å². The first-order chi connectivity index (χ1) is 32.8. The molecule has 2 nitrogen and oxygen atoms in total. The highest BCUT2D eigenvalue weighted by Crippen LogP contribution is 2.47. The van der Waals surface area contributed by atoms with E-state index in [0.29, 0.717) is 0 Å². The molecular formula is C64H42N2. The van der Waals surface area contributed by atoms with Crippen LogP contribution in [-0.4, -0.2) is 4.57 Å².